The summed E-state index contributed by atoms with van der Waals surface area (Å²) in [6.45, 7) is 6.65. The van der Waals surface area contributed by atoms with Gasteiger partial charge in [-0.25, -0.2) is 0 Å². The fourth-order valence-corrected chi connectivity index (χ4v) is 7.35. The van der Waals surface area contributed by atoms with Gasteiger partial charge >= 0.3 is 0 Å². The third kappa shape index (κ3) is 2.13. The van der Waals surface area contributed by atoms with E-state index >= 15 is 0 Å². The highest BCUT2D eigenvalue weighted by Gasteiger charge is 2.58. The molecule has 1 N–H and O–H groups in total. The Bertz CT molecular complexity index is 550. The van der Waals surface area contributed by atoms with E-state index in [-0.39, 0.29) is 11.5 Å². The molecule has 0 aromatic rings. The van der Waals surface area contributed by atoms with Gasteiger partial charge in [-0.3, -0.25) is 4.79 Å². The first-order valence-corrected chi connectivity index (χ1v) is 9.76. The van der Waals surface area contributed by atoms with Crippen LogP contribution < -0.4 is 0 Å². The van der Waals surface area contributed by atoms with Gasteiger partial charge in [0.2, 0.25) is 0 Å². The van der Waals surface area contributed by atoms with Crippen LogP contribution in [0.5, 0.6) is 0 Å². The Balaban J connectivity index is 1.62. The molecule has 0 radical (unpaired) electrons. The van der Waals surface area contributed by atoms with E-state index in [2.05, 4.69) is 19.9 Å². The predicted octanol–water partition coefficient (Wildman–Crippen LogP) is 4.52. The number of fused-ring (bicyclic) bond motifs is 5. The van der Waals surface area contributed by atoms with Crippen LogP contribution >= 0.6 is 0 Å². The number of Topliss-reactive ketones (excluding diaryl/α,β-unsaturated/α-hetero) is 1. The largest absolute Gasteiger partial charge is 0.393 e. The van der Waals surface area contributed by atoms with E-state index in [4.69, 9.17) is 0 Å². The van der Waals surface area contributed by atoms with Crippen molar-refractivity contribution in [2.45, 2.75) is 78.2 Å². The van der Waals surface area contributed by atoms with Crippen molar-refractivity contribution >= 4 is 5.78 Å². The second-order valence-electron chi connectivity index (χ2n) is 9.45. The van der Waals surface area contributed by atoms with Crippen molar-refractivity contribution in [3.8, 4) is 0 Å². The SMILES string of the molecule is CC(=O)C1=CC[C@H]2[C@@H]3CC[C@H]4CC(O)CC[C@]4(C)[C@H]3CC[C@]12C. The molecule has 2 nitrogen and oxygen atoms in total. The zero-order chi connectivity index (χ0) is 16.4. The van der Waals surface area contributed by atoms with Crippen LogP contribution in [0.15, 0.2) is 11.6 Å². The Labute approximate surface area is 140 Å². The molecule has 0 amide bonds. The molecule has 0 saturated heterocycles. The van der Waals surface area contributed by atoms with Crippen molar-refractivity contribution in [3.63, 3.8) is 0 Å². The second-order valence-corrected chi connectivity index (χ2v) is 9.45. The molecule has 3 fully saturated rings. The number of carbonyl (C=O) groups is 1. The van der Waals surface area contributed by atoms with Crippen molar-refractivity contribution < 1.29 is 9.90 Å². The van der Waals surface area contributed by atoms with Gasteiger partial charge in [0.15, 0.2) is 5.78 Å². The molecule has 1 unspecified atom stereocenters. The minimum atomic E-state index is -0.0593. The van der Waals surface area contributed by atoms with Gasteiger partial charge in [0.25, 0.3) is 0 Å². The fraction of sp³-hybridized carbons (Fsp3) is 0.857. The molecule has 0 heterocycles. The van der Waals surface area contributed by atoms with Crippen molar-refractivity contribution in [3.05, 3.63) is 11.6 Å². The van der Waals surface area contributed by atoms with Gasteiger partial charge in [-0.2, -0.15) is 0 Å². The topological polar surface area (TPSA) is 37.3 Å². The fourth-order valence-electron chi connectivity index (χ4n) is 7.35. The van der Waals surface area contributed by atoms with Crippen LogP contribution in [0.2, 0.25) is 0 Å². The maximum Gasteiger partial charge on any atom is 0.156 e. The molecule has 0 spiro atoms. The van der Waals surface area contributed by atoms with Crippen LogP contribution in [0, 0.1) is 34.5 Å². The maximum atomic E-state index is 12.1. The summed E-state index contributed by atoms with van der Waals surface area (Å²) >= 11 is 0. The molecular weight excluding hydrogens is 284 g/mol. The normalized spacial score (nSPS) is 52.2. The molecule has 0 bridgehead atoms. The molecule has 128 valence electrons. The molecule has 0 aromatic carbocycles. The average Bonchev–Trinajstić information content (AvgIpc) is 2.85. The lowest BCUT2D eigenvalue weighted by atomic mass is 9.44. The summed E-state index contributed by atoms with van der Waals surface area (Å²) in [5.74, 6) is 3.31. The van der Waals surface area contributed by atoms with Crippen molar-refractivity contribution in [2.24, 2.45) is 34.5 Å². The molecule has 3 saturated carbocycles. The van der Waals surface area contributed by atoms with E-state index in [1.807, 2.05) is 0 Å². The van der Waals surface area contributed by atoms with Crippen LogP contribution in [0.4, 0.5) is 0 Å². The highest BCUT2D eigenvalue weighted by molar-refractivity contribution is 5.95. The number of aliphatic hydroxyl groups is 1. The highest BCUT2D eigenvalue weighted by atomic mass is 16.3. The smallest absolute Gasteiger partial charge is 0.156 e. The van der Waals surface area contributed by atoms with Gasteiger partial charge in [0.1, 0.15) is 0 Å². The van der Waals surface area contributed by atoms with E-state index in [0.29, 0.717) is 17.1 Å². The van der Waals surface area contributed by atoms with E-state index in [0.717, 1.165) is 42.6 Å². The molecule has 4 rings (SSSR count). The van der Waals surface area contributed by atoms with E-state index in [1.165, 1.54) is 32.1 Å². The minimum Gasteiger partial charge on any atom is -0.393 e. The number of carbonyl (C=O) groups excluding carboxylic acids is 1. The Morgan fingerprint density at radius 3 is 2.65 bits per heavy atom. The molecule has 23 heavy (non-hydrogen) atoms. The molecule has 0 aromatic heterocycles. The minimum absolute atomic E-state index is 0.0593. The van der Waals surface area contributed by atoms with Gasteiger partial charge in [-0.1, -0.05) is 19.9 Å². The summed E-state index contributed by atoms with van der Waals surface area (Å²) in [5.41, 5.74) is 1.71. The number of rotatable bonds is 1. The monoisotopic (exact) mass is 316 g/mol. The van der Waals surface area contributed by atoms with Gasteiger partial charge in [-0.05, 0) is 98.4 Å². The summed E-state index contributed by atoms with van der Waals surface area (Å²) in [7, 11) is 0. The first-order chi connectivity index (χ1) is 10.9. The molecular formula is C21H32O2. The molecule has 4 aliphatic carbocycles. The number of hydrogen-bond donors (Lipinski definition) is 1. The maximum absolute atomic E-state index is 12.1. The third-order valence-electron chi connectivity index (χ3n) is 8.60. The van der Waals surface area contributed by atoms with Crippen molar-refractivity contribution in [1.29, 1.82) is 0 Å². The molecule has 2 heteroatoms. The van der Waals surface area contributed by atoms with Crippen LogP contribution in [0.3, 0.4) is 0 Å². The van der Waals surface area contributed by atoms with Crippen LogP contribution in [-0.4, -0.2) is 17.0 Å². The van der Waals surface area contributed by atoms with Crippen LogP contribution in [0.1, 0.15) is 72.1 Å². The number of hydrogen-bond acceptors (Lipinski definition) is 2. The van der Waals surface area contributed by atoms with E-state index < -0.39 is 0 Å². The van der Waals surface area contributed by atoms with Gasteiger partial charge < -0.3 is 5.11 Å². The summed E-state index contributed by atoms with van der Waals surface area (Å²) in [6, 6.07) is 0. The Morgan fingerprint density at radius 1 is 1.13 bits per heavy atom. The lowest BCUT2D eigenvalue weighted by Gasteiger charge is -2.60. The lowest BCUT2D eigenvalue weighted by Crippen LogP contribution is -2.53. The molecule has 7 atom stereocenters. The second kappa shape index (κ2) is 5.18. The molecule has 4 aliphatic rings. The zero-order valence-corrected chi connectivity index (χ0v) is 15.0. The number of ketones is 1. The van der Waals surface area contributed by atoms with E-state index in [9.17, 15) is 9.90 Å². The summed E-state index contributed by atoms with van der Waals surface area (Å²) < 4.78 is 0. The lowest BCUT2D eigenvalue weighted by molar-refractivity contribution is -0.124. The average molecular weight is 316 g/mol. The van der Waals surface area contributed by atoms with Gasteiger partial charge in [0, 0.05) is 0 Å². The quantitative estimate of drug-likeness (QED) is 0.772. The predicted molar refractivity (Wildman–Crippen MR) is 91.9 cm³/mol. The van der Waals surface area contributed by atoms with Crippen molar-refractivity contribution in [1.82, 2.24) is 0 Å². The Kier molecular flexibility index (Phi) is 3.58. The summed E-state index contributed by atoms with van der Waals surface area (Å²) in [6.07, 6.45) is 11.6. The first-order valence-electron chi connectivity index (χ1n) is 9.76. The standard InChI is InChI=1S/C21H32O2/c1-13(22)17-6-7-18-16-5-4-14-12-15(23)8-10-20(14,2)19(16)9-11-21(17,18)3/h6,14-16,18-19,23H,4-5,7-12H2,1-3H3/t14-,15?,16-,18-,19-,20-,21+/m0/s1. The van der Waals surface area contributed by atoms with E-state index in [1.54, 1.807) is 6.92 Å². The Hall–Kier alpha value is -0.630. The first kappa shape index (κ1) is 15.9. The number of allylic oxidation sites excluding steroid dienone is 2. The third-order valence-corrected chi connectivity index (χ3v) is 8.60. The number of aliphatic hydroxyl groups excluding tert-OH is 1. The van der Waals surface area contributed by atoms with Crippen molar-refractivity contribution in [2.75, 3.05) is 0 Å². The van der Waals surface area contributed by atoms with Crippen LogP contribution in [0.25, 0.3) is 0 Å². The van der Waals surface area contributed by atoms with Gasteiger partial charge in [0.05, 0.1) is 6.10 Å². The molecule has 0 aliphatic heterocycles. The summed E-state index contributed by atoms with van der Waals surface area (Å²) in [5, 5.41) is 10.1. The van der Waals surface area contributed by atoms with Crippen LogP contribution in [-0.2, 0) is 4.79 Å². The van der Waals surface area contributed by atoms with Gasteiger partial charge in [-0.15, -0.1) is 0 Å². The zero-order valence-electron chi connectivity index (χ0n) is 15.0. The Morgan fingerprint density at radius 2 is 1.91 bits per heavy atom. The highest BCUT2D eigenvalue weighted by Crippen LogP contribution is 2.66. The summed E-state index contributed by atoms with van der Waals surface area (Å²) in [4.78, 5) is 12.1.